The van der Waals surface area contributed by atoms with Gasteiger partial charge in [0.25, 0.3) is 0 Å². The zero-order valence-corrected chi connectivity index (χ0v) is 12.7. The molecule has 0 fully saturated rings. The van der Waals surface area contributed by atoms with Crippen molar-refractivity contribution in [2.24, 2.45) is 14.1 Å². The highest BCUT2D eigenvalue weighted by Crippen LogP contribution is 2.24. The van der Waals surface area contributed by atoms with Crippen LogP contribution in [0.25, 0.3) is 0 Å². The number of aryl methyl sites for hydroxylation is 4. The van der Waals surface area contributed by atoms with Crippen LogP contribution in [0, 0.1) is 20.8 Å². The molecule has 2 aromatic rings. The van der Waals surface area contributed by atoms with Crippen molar-refractivity contribution in [1.82, 2.24) is 24.9 Å². The number of hydrogen-bond donors (Lipinski definition) is 1. The van der Waals surface area contributed by atoms with E-state index in [-0.39, 0.29) is 6.04 Å². The minimum Gasteiger partial charge on any atom is -0.313 e. The molecule has 0 aliphatic rings. The number of aromatic nitrogens is 4. The van der Waals surface area contributed by atoms with Crippen LogP contribution in [-0.4, -0.2) is 26.6 Å². The molecule has 0 aromatic carbocycles. The van der Waals surface area contributed by atoms with Crippen LogP contribution in [0.4, 0.5) is 0 Å². The zero-order valence-electron chi connectivity index (χ0n) is 12.7. The van der Waals surface area contributed by atoms with E-state index in [0.717, 1.165) is 17.8 Å². The van der Waals surface area contributed by atoms with Gasteiger partial charge < -0.3 is 5.32 Å². The van der Waals surface area contributed by atoms with Crippen molar-refractivity contribution < 1.29 is 0 Å². The lowest BCUT2D eigenvalue weighted by Gasteiger charge is -2.17. The summed E-state index contributed by atoms with van der Waals surface area (Å²) in [7, 11) is 5.99. The lowest BCUT2D eigenvalue weighted by Crippen LogP contribution is -2.21. The van der Waals surface area contributed by atoms with Crippen molar-refractivity contribution in [1.29, 1.82) is 0 Å². The van der Waals surface area contributed by atoms with Gasteiger partial charge in [-0.25, -0.2) is 0 Å². The van der Waals surface area contributed by atoms with Crippen LogP contribution in [0.1, 0.15) is 34.4 Å². The quantitative estimate of drug-likeness (QED) is 0.909. The third-order valence-electron chi connectivity index (χ3n) is 3.77. The first-order chi connectivity index (χ1) is 8.93. The molecule has 2 aromatic heterocycles. The van der Waals surface area contributed by atoms with Crippen molar-refractivity contribution in [3.05, 3.63) is 34.4 Å². The van der Waals surface area contributed by atoms with E-state index < -0.39 is 0 Å². The normalized spacial score (nSPS) is 12.9. The predicted molar refractivity (Wildman–Crippen MR) is 76.1 cm³/mol. The Morgan fingerprint density at radius 1 is 1.16 bits per heavy atom. The maximum absolute atomic E-state index is 4.50. The molecule has 0 amide bonds. The monoisotopic (exact) mass is 261 g/mol. The minimum atomic E-state index is 0.267. The smallest absolute Gasteiger partial charge is 0.0644 e. The fraction of sp³-hybridized carbons (Fsp3) is 0.571. The van der Waals surface area contributed by atoms with Gasteiger partial charge in [0.05, 0.1) is 11.4 Å². The Morgan fingerprint density at radius 3 is 2.26 bits per heavy atom. The van der Waals surface area contributed by atoms with Gasteiger partial charge in [-0.3, -0.25) is 9.36 Å². The van der Waals surface area contributed by atoms with Gasteiger partial charge in [0.1, 0.15) is 0 Å². The molecule has 1 unspecified atom stereocenters. The lowest BCUT2D eigenvalue weighted by molar-refractivity contribution is 0.555. The van der Waals surface area contributed by atoms with Crippen LogP contribution in [-0.2, 0) is 20.5 Å². The fourth-order valence-electron chi connectivity index (χ4n) is 2.71. The van der Waals surface area contributed by atoms with Gasteiger partial charge in [-0.1, -0.05) is 0 Å². The summed E-state index contributed by atoms with van der Waals surface area (Å²) in [5.74, 6) is 0. The number of hydrogen-bond acceptors (Lipinski definition) is 3. The van der Waals surface area contributed by atoms with Crippen molar-refractivity contribution >= 4 is 0 Å². The maximum atomic E-state index is 4.50. The molecular weight excluding hydrogens is 238 g/mol. The first-order valence-corrected chi connectivity index (χ1v) is 6.61. The Hall–Kier alpha value is -1.62. The second-order valence-corrected chi connectivity index (χ2v) is 5.15. The summed E-state index contributed by atoms with van der Waals surface area (Å²) in [6.45, 7) is 6.22. The first-order valence-electron chi connectivity index (χ1n) is 6.61. The molecule has 0 aliphatic heterocycles. The zero-order chi connectivity index (χ0) is 14.2. The van der Waals surface area contributed by atoms with Gasteiger partial charge >= 0.3 is 0 Å². The molecule has 2 heterocycles. The summed E-state index contributed by atoms with van der Waals surface area (Å²) in [5.41, 5.74) is 5.91. The first kappa shape index (κ1) is 13.8. The standard InChI is InChI=1S/C14H23N5/c1-9-7-12(19(6)16-9)8-13(15-4)14-10(2)17-18(5)11(14)3/h7,13,15H,8H2,1-6H3. The largest absolute Gasteiger partial charge is 0.313 e. The van der Waals surface area contributed by atoms with Gasteiger partial charge in [-0.05, 0) is 33.9 Å². The third kappa shape index (κ3) is 2.56. The Kier molecular flexibility index (Phi) is 3.75. The van der Waals surface area contributed by atoms with E-state index in [1.54, 1.807) is 0 Å². The maximum Gasteiger partial charge on any atom is 0.0644 e. The average molecular weight is 261 g/mol. The SMILES string of the molecule is CNC(Cc1cc(C)nn1C)c1c(C)nn(C)c1C. The van der Waals surface area contributed by atoms with Crippen LogP contribution in [0.2, 0.25) is 0 Å². The lowest BCUT2D eigenvalue weighted by atomic mass is 10.00. The second-order valence-electron chi connectivity index (χ2n) is 5.15. The molecule has 0 saturated heterocycles. The highest BCUT2D eigenvalue weighted by Gasteiger charge is 2.20. The molecule has 19 heavy (non-hydrogen) atoms. The summed E-state index contributed by atoms with van der Waals surface area (Å²) in [6.07, 6.45) is 0.918. The van der Waals surface area contributed by atoms with Crippen molar-refractivity contribution in [3.8, 4) is 0 Å². The molecule has 0 radical (unpaired) electrons. The van der Waals surface area contributed by atoms with Crippen LogP contribution in [0.3, 0.4) is 0 Å². The van der Waals surface area contributed by atoms with Gasteiger partial charge in [0, 0.05) is 43.5 Å². The van der Waals surface area contributed by atoms with Crippen molar-refractivity contribution in [2.75, 3.05) is 7.05 Å². The van der Waals surface area contributed by atoms with Crippen LogP contribution in [0.5, 0.6) is 0 Å². The number of nitrogens with one attached hydrogen (secondary N) is 1. The molecule has 1 atom stereocenters. The molecule has 0 saturated carbocycles. The molecule has 0 spiro atoms. The predicted octanol–water partition coefficient (Wildman–Crippen LogP) is 1.58. The Balaban J connectivity index is 2.33. The van der Waals surface area contributed by atoms with E-state index in [0.29, 0.717) is 0 Å². The summed E-state index contributed by atoms with van der Waals surface area (Å²) in [6, 6.07) is 2.41. The van der Waals surface area contributed by atoms with E-state index in [4.69, 9.17) is 0 Å². The molecule has 0 aliphatic carbocycles. The average Bonchev–Trinajstić information content (AvgIpc) is 2.77. The Labute approximate surface area is 114 Å². The topological polar surface area (TPSA) is 47.7 Å². The van der Waals surface area contributed by atoms with Crippen LogP contribution in [0.15, 0.2) is 6.07 Å². The number of nitrogens with zero attached hydrogens (tertiary/aromatic N) is 4. The summed E-state index contributed by atoms with van der Waals surface area (Å²) in [4.78, 5) is 0. The third-order valence-corrected chi connectivity index (χ3v) is 3.77. The molecule has 5 heteroatoms. The molecule has 0 bridgehead atoms. The summed E-state index contributed by atoms with van der Waals surface area (Å²) < 4.78 is 3.91. The number of likely N-dealkylation sites (N-methyl/N-ethyl adjacent to an activating group) is 1. The van der Waals surface area contributed by atoms with E-state index in [9.17, 15) is 0 Å². The highest BCUT2D eigenvalue weighted by atomic mass is 15.3. The van der Waals surface area contributed by atoms with E-state index >= 15 is 0 Å². The summed E-state index contributed by atoms with van der Waals surface area (Å²) >= 11 is 0. The Bertz CT molecular complexity index is 579. The van der Waals surface area contributed by atoms with Crippen LogP contribution < -0.4 is 5.32 Å². The van der Waals surface area contributed by atoms with E-state index in [1.807, 2.05) is 37.4 Å². The molecule has 104 valence electrons. The van der Waals surface area contributed by atoms with Gasteiger partial charge in [-0.2, -0.15) is 10.2 Å². The van der Waals surface area contributed by atoms with Crippen molar-refractivity contribution in [3.63, 3.8) is 0 Å². The van der Waals surface area contributed by atoms with Gasteiger partial charge in [0.15, 0.2) is 0 Å². The second kappa shape index (κ2) is 5.17. The summed E-state index contributed by atoms with van der Waals surface area (Å²) in [5, 5.41) is 12.3. The van der Waals surface area contributed by atoms with E-state index in [1.165, 1.54) is 17.0 Å². The van der Waals surface area contributed by atoms with Crippen LogP contribution >= 0.6 is 0 Å². The molecular formula is C14H23N5. The van der Waals surface area contributed by atoms with E-state index in [2.05, 4.69) is 35.4 Å². The fourth-order valence-corrected chi connectivity index (χ4v) is 2.71. The minimum absolute atomic E-state index is 0.267. The van der Waals surface area contributed by atoms with Gasteiger partial charge in [-0.15, -0.1) is 0 Å². The van der Waals surface area contributed by atoms with Gasteiger partial charge in [0.2, 0.25) is 0 Å². The molecule has 1 N–H and O–H groups in total. The molecule has 2 rings (SSSR count). The number of rotatable bonds is 4. The molecule has 5 nitrogen and oxygen atoms in total. The Morgan fingerprint density at radius 2 is 1.84 bits per heavy atom. The highest BCUT2D eigenvalue weighted by molar-refractivity contribution is 5.29. The van der Waals surface area contributed by atoms with Crippen molar-refractivity contribution in [2.45, 2.75) is 33.2 Å².